The number of hydrogen-bond donors (Lipinski definition) is 1. The minimum Gasteiger partial charge on any atom is -0.417 e. The number of nitrogens with zero attached hydrogens (tertiary/aromatic N) is 4. The van der Waals surface area contributed by atoms with E-state index in [1.807, 2.05) is 6.92 Å². The van der Waals surface area contributed by atoms with Crippen molar-refractivity contribution in [1.29, 1.82) is 0 Å². The molecule has 2 amide bonds. The van der Waals surface area contributed by atoms with E-state index < -0.39 is 23.5 Å². The second-order valence-corrected chi connectivity index (χ2v) is 11.0. The number of Topliss-reactive ketones (excluding diaryl/α,β-unsaturated/α-hetero) is 1. The molecule has 12 heteroatoms. The third-order valence-corrected chi connectivity index (χ3v) is 7.82. The van der Waals surface area contributed by atoms with Crippen molar-refractivity contribution in [3.05, 3.63) is 59.6 Å². The van der Waals surface area contributed by atoms with Gasteiger partial charge in [0.05, 0.1) is 11.3 Å². The van der Waals surface area contributed by atoms with Crippen LogP contribution in [0.2, 0.25) is 0 Å². The van der Waals surface area contributed by atoms with Crippen molar-refractivity contribution in [2.24, 2.45) is 11.8 Å². The van der Waals surface area contributed by atoms with E-state index in [2.05, 4.69) is 15.3 Å². The summed E-state index contributed by atoms with van der Waals surface area (Å²) in [6.07, 6.45) is -0.289. The Kier molecular flexibility index (Phi) is 8.33. The summed E-state index contributed by atoms with van der Waals surface area (Å²) in [5.74, 6) is -1.64. The fourth-order valence-electron chi connectivity index (χ4n) is 5.43. The van der Waals surface area contributed by atoms with Gasteiger partial charge in [0.15, 0.2) is 5.69 Å². The van der Waals surface area contributed by atoms with Crippen molar-refractivity contribution in [1.82, 2.24) is 14.9 Å². The van der Waals surface area contributed by atoms with Gasteiger partial charge in [0.2, 0.25) is 5.76 Å². The Labute approximate surface area is 241 Å². The van der Waals surface area contributed by atoms with Gasteiger partial charge in [0.25, 0.3) is 17.8 Å². The average Bonchev–Trinajstić information content (AvgIpc) is 3.44. The van der Waals surface area contributed by atoms with Gasteiger partial charge in [-0.25, -0.2) is 0 Å². The van der Waals surface area contributed by atoms with Gasteiger partial charge in [0, 0.05) is 49.5 Å². The van der Waals surface area contributed by atoms with Crippen LogP contribution in [0.5, 0.6) is 0 Å². The molecule has 1 atom stereocenters. The Morgan fingerprint density at radius 2 is 1.71 bits per heavy atom. The van der Waals surface area contributed by atoms with Gasteiger partial charge in [-0.1, -0.05) is 19.1 Å². The molecular formula is C30H32F3N5O4. The molecule has 1 unspecified atom stereocenters. The second-order valence-electron chi connectivity index (χ2n) is 11.0. The van der Waals surface area contributed by atoms with Gasteiger partial charge in [-0.05, 0) is 62.8 Å². The molecule has 2 aliphatic heterocycles. The number of oxazole rings is 1. The molecule has 2 fully saturated rings. The summed E-state index contributed by atoms with van der Waals surface area (Å²) in [5, 5.41) is 2.46. The van der Waals surface area contributed by atoms with E-state index >= 15 is 0 Å². The van der Waals surface area contributed by atoms with E-state index in [1.165, 1.54) is 6.20 Å². The van der Waals surface area contributed by atoms with Gasteiger partial charge >= 0.3 is 6.18 Å². The van der Waals surface area contributed by atoms with Gasteiger partial charge in [-0.15, -0.1) is 0 Å². The third-order valence-electron chi connectivity index (χ3n) is 7.82. The van der Waals surface area contributed by atoms with Crippen LogP contribution in [0.4, 0.5) is 24.9 Å². The van der Waals surface area contributed by atoms with Crippen molar-refractivity contribution >= 4 is 29.3 Å². The van der Waals surface area contributed by atoms with Gasteiger partial charge in [-0.3, -0.25) is 19.4 Å². The number of carbonyl (C=O) groups is 3. The van der Waals surface area contributed by atoms with Gasteiger partial charge in [-0.2, -0.15) is 18.2 Å². The first-order valence-electron chi connectivity index (χ1n) is 14.0. The normalized spacial score (nSPS) is 18.2. The van der Waals surface area contributed by atoms with E-state index in [4.69, 9.17) is 4.42 Å². The summed E-state index contributed by atoms with van der Waals surface area (Å²) in [6, 6.07) is 9.60. The predicted octanol–water partition coefficient (Wildman–Crippen LogP) is 5.69. The topological polar surface area (TPSA) is 109 Å². The maximum absolute atomic E-state index is 13.7. The summed E-state index contributed by atoms with van der Waals surface area (Å²) in [7, 11) is 0. The predicted molar refractivity (Wildman–Crippen MR) is 149 cm³/mol. The van der Waals surface area contributed by atoms with Crippen molar-refractivity contribution < 1.29 is 32.0 Å². The summed E-state index contributed by atoms with van der Waals surface area (Å²) < 4.78 is 46.5. The fourth-order valence-corrected chi connectivity index (χ4v) is 5.43. The lowest BCUT2D eigenvalue weighted by atomic mass is 9.93. The zero-order valence-corrected chi connectivity index (χ0v) is 23.4. The van der Waals surface area contributed by atoms with Crippen molar-refractivity contribution in [2.75, 3.05) is 36.4 Å². The fraction of sp³-hybridized carbons (Fsp3) is 0.433. The summed E-state index contributed by atoms with van der Waals surface area (Å²) >= 11 is 0. The highest BCUT2D eigenvalue weighted by molar-refractivity contribution is 6.03. The highest BCUT2D eigenvalue weighted by Crippen LogP contribution is 2.35. The lowest BCUT2D eigenvalue weighted by Gasteiger charge is -2.30. The van der Waals surface area contributed by atoms with Crippen LogP contribution >= 0.6 is 0 Å². The van der Waals surface area contributed by atoms with Gasteiger partial charge in [0.1, 0.15) is 5.78 Å². The molecule has 9 nitrogen and oxygen atoms in total. The van der Waals surface area contributed by atoms with Crippen LogP contribution in [0.3, 0.4) is 0 Å². The number of benzene rings is 1. The Balaban J connectivity index is 1.24. The molecule has 0 bridgehead atoms. The molecule has 222 valence electrons. The first-order chi connectivity index (χ1) is 20.0. The monoisotopic (exact) mass is 583 g/mol. The number of nitrogens with one attached hydrogen (secondary N) is 1. The van der Waals surface area contributed by atoms with Crippen LogP contribution in [0.15, 0.2) is 47.0 Å². The first kappa shape index (κ1) is 29.3. The molecule has 1 aromatic carbocycles. The van der Waals surface area contributed by atoms with E-state index in [-0.39, 0.29) is 35.2 Å². The second kappa shape index (κ2) is 11.9. The van der Waals surface area contributed by atoms with Crippen molar-refractivity contribution in [3.8, 4) is 11.3 Å². The van der Waals surface area contributed by atoms with Crippen LogP contribution in [-0.2, 0) is 11.0 Å². The van der Waals surface area contributed by atoms with E-state index in [9.17, 15) is 27.6 Å². The van der Waals surface area contributed by atoms with Crippen LogP contribution in [0, 0.1) is 11.8 Å². The maximum Gasteiger partial charge on any atom is 0.437 e. The zero-order chi connectivity index (χ0) is 30.0. The maximum atomic E-state index is 13.7. The van der Waals surface area contributed by atoms with Crippen LogP contribution in [0.25, 0.3) is 11.3 Å². The molecular weight excluding hydrogens is 551 g/mol. The summed E-state index contributed by atoms with van der Waals surface area (Å²) in [4.78, 5) is 48.7. The summed E-state index contributed by atoms with van der Waals surface area (Å²) in [5.41, 5.74) is 0.616. The molecule has 0 aliphatic carbocycles. The number of piperidine rings is 2. The Morgan fingerprint density at radius 1 is 1.00 bits per heavy atom. The molecule has 2 aromatic heterocycles. The number of alkyl halides is 3. The number of hydrogen-bond acceptors (Lipinski definition) is 7. The van der Waals surface area contributed by atoms with Gasteiger partial charge < -0.3 is 19.5 Å². The summed E-state index contributed by atoms with van der Waals surface area (Å²) in [6.45, 7) is 5.64. The molecule has 2 saturated heterocycles. The molecule has 1 N–H and O–H groups in total. The van der Waals surface area contributed by atoms with Crippen LogP contribution < -0.4 is 10.2 Å². The number of halogens is 3. The number of likely N-dealkylation sites (tertiary alicyclic amines) is 1. The lowest BCUT2D eigenvalue weighted by molar-refractivity contribution is -0.141. The third kappa shape index (κ3) is 6.47. The van der Waals surface area contributed by atoms with Crippen molar-refractivity contribution in [2.45, 2.75) is 45.7 Å². The zero-order valence-electron chi connectivity index (χ0n) is 23.4. The quantitative estimate of drug-likeness (QED) is 0.397. The number of ketones is 1. The SMILES string of the molecule is CC(=O)C1CCN(C(=O)c2ccc(-c3ccc(NC(=O)c4oc(N5CCCC(C)C5)nc4C(F)(F)F)cc3)nc2)CC1. The molecule has 0 spiro atoms. The minimum absolute atomic E-state index is 0.00527. The molecule has 2 aliphatic rings. The smallest absolute Gasteiger partial charge is 0.417 e. The first-order valence-corrected chi connectivity index (χ1v) is 14.0. The molecule has 5 rings (SSSR count). The molecule has 3 aromatic rings. The Morgan fingerprint density at radius 3 is 2.31 bits per heavy atom. The highest BCUT2D eigenvalue weighted by Gasteiger charge is 2.42. The Hall–Kier alpha value is -4.22. The Bertz CT molecular complexity index is 1450. The standard InChI is InChI=1S/C30H32F3N5O4/c1-18-4-3-13-38(17-18)29-36-26(30(31,32)33)25(42-29)27(40)35-23-8-5-21(6-9-23)24-10-7-22(16-34-24)28(41)37-14-11-20(12-15-37)19(2)39/h5-10,16,18,20H,3-4,11-15,17H2,1-2H3,(H,35,40). The number of aromatic nitrogens is 2. The molecule has 0 saturated carbocycles. The van der Waals surface area contributed by atoms with E-state index in [0.717, 1.165) is 12.8 Å². The number of amides is 2. The van der Waals surface area contributed by atoms with Crippen LogP contribution in [-0.4, -0.2) is 58.6 Å². The number of rotatable bonds is 6. The number of pyridine rings is 1. The molecule has 42 heavy (non-hydrogen) atoms. The van der Waals surface area contributed by atoms with Crippen molar-refractivity contribution in [3.63, 3.8) is 0 Å². The minimum atomic E-state index is -4.86. The average molecular weight is 584 g/mol. The van der Waals surface area contributed by atoms with E-state index in [0.29, 0.717) is 55.8 Å². The molecule has 4 heterocycles. The lowest BCUT2D eigenvalue weighted by Crippen LogP contribution is -2.39. The van der Waals surface area contributed by atoms with E-state index in [1.54, 1.807) is 53.1 Å². The number of anilines is 2. The highest BCUT2D eigenvalue weighted by atomic mass is 19.4. The molecule has 0 radical (unpaired) electrons. The largest absolute Gasteiger partial charge is 0.437 e. The van der Waals surface area contributed by atoms with Crippen LogP contribution in [0.1, 0.15) is 66.1 Å². The number of carbonyl (C=O) groups excluding carboxylic acids is 3.